The number of fused-ring (bicyclic) bond motifs is 1. The second-order valence-electron chi connectivity index (χ2n) is 5.70. The van der Waals surface area contributed by atoms with E-state index in [4.69, 9.17) is 21.1 Å². The minimum Gasteiger partial charge on any atom is -0.492 e. The summed E-state index contributed by atoms with van der Waals surface area (Å²) in [5, 5.41) is 0.374. The van der Waals surface area contributed by atoms with Crippen LogP contribution in [0.5, 0.6) is 11.5 Å². The summed E-state index contributed by atoms with van der Waals surface area (Å²) >= 11 is 6.17. The average molecular weight is 335 g/mol. The van der Waals surface area contributed by atoms with Gasteiger partial charge < -0.3 is 9.47 Å². The van der Waals surface area contributed by atoms with Crippen LogP contribution in [0.15, 0.2) is 12.1 Å². The molecule has 1 aliphatic heterocycles. The molecule has 0 aliphatic carbocycles. The maximum atomic E-state index is 12.8. The van der Waals surface area contributed by atoms with E-state index in [0.29, 0.717) is 34.4 Å². The van der Waals surface area contributed by atoms with Crippen LogP contribution in [-0.2, 0) is 0 Å². The molecule has 2 rings (SSSR count). The minimum atomic E-state index is -4.45. The van der Waals surface area contributed by atoms with Gasteiger partial charge in [-0.3, -0.25) is 0 Å². The van der Waals surface area contributed by atoms with E-state index in [1.54, 1.807) is 13.0 Å². The van der Waals surface area contributed by atoms with Crippen molar-refractivity contribution in [2.45, 2.75) is 39.5 Å². The molecule has 1 aromatic carbocycles. The molecule has 1 aliphatic rings. The first-order valence-electron chi connectivity index (χ1n) is 7.07. The number of ether oxygens (including phenoxy) is 2. The zero-order valence-corrected chi connectivity index (χ0v) is 13.4. The van der Waals surface area contributed by atoms with Crippen LogP contribution in [0.1, 0.15) is 31.4 Å². The number of hydrogen-bond donors (Lipinski definition) is 0. The Morgan fingerprint density at radius 2 is 2.05 bits per heavy atom. The highest BCUT2D eigenvalue weighted by Gasteiger charge is 2.42. The summed E-state index contributed by atoms with van der Waals surface area (Å²) in [6, 6.07) is 1.57. The summed E-state index contributed by atoms with van der Waals surface area (Å²) in [5.74, 6) is 1.02. The van der Waals surface area contributed by atoms with Crippen molar-refractivity contribution >= 4 is 17.7 Å². The SMILES string of the molecule is Cc1c(OCCC(C)C)c(Cl)cc2c1O[C@H](C(F)(F)F)C=C2. The van der Waals surface area contributed by atoms with E-state index in [0.717, 1.165) is 12.5 Å². The zero-order chi connectivity index (χ0) is 16.5. The molecule has 0 N–H and O–H groups in total. The molecule has 0 amide bonds. The van der Waals surface area contributed by atoms with E-state index in [1.165, 1.54) is 6.08 Å². The molecule has 1 atom stereocenters. The van der Waals surface area contributed by atoms with Crippen LogP contribution >= 0.6 is 11.6 Å². The standard InChI is InChI=1S/C16H18ClF3O2/c1-9(2)6-7-21-15-10(3)14-11(8-12(15)17)4-5-13(22-14)16(18,19)20/h4-5,8-9,13H,6-7H2,1-3H3/t13-/m0/s1. The van der Waals surface area contributed by atoms with Gasteiger partial charge in [-0.2, -0.15) is 13.2 Å². The van der Waals surface area contributed by atoms with Crippen molar-refractivity contribution in [2.24, 2.45) is 5.92 Å². The molecule has 1 aromatic rings. The molecule has 0 unspecified atom stereocenters. The quantitative estimate of drug-likeness (QED) is 0.733. The first-order chi connectivity index (χ1) is 10.2. The van der Waals surface area contributed by atoms with Crippen LogP contribution in [0.4, 0.5) is 13.2 Å². The van der Waals surface area contributed by atoms with Gasteiger partial charge in [0.05, 0.1) is 11.6 Å². The summed E-state index contributed by atoms with van der Waals surface area (Å²) in [4.78, 5) is 0. The smallest absolute Gasteiger partial charge is 0.429 e. The fraction of sp³-hybridized carbons (Fsp3) is 0.500. The molecule has 0 bridgehead atoms. The van der Waals surface area contributed by atoms with E-state index in [2.05, 4.69) is 13.8 Å². The van der Waals surface area contributed by atoms with Gasteiger partial charge in [-0.25, -0.2) is 0 Å². The summed E-state index contributed by atoms with van der Waals surface area (Å²) in [6.07, 6.45) is -3.19. The monoisotopic (exact) mass is 334 g/mol. The van der Waals surface area contributed by atoms with Crippen molar-refractivity contribution in [2.75, 3.05) is 6.61 Å². The topological polar surface area (TPSA) is 18.5 Å². The molecule has 0 aromatic heterocycles. The van der Waals surface area contributed by atoms with Crippen molar-refractivity contribution in [1.29, 1.82) is 0 Å². The van der Waals surface area contributed by atoms with Crippen LogP contribution < -0.4 is 9.47 Å². The number of rotatable bonds is 4. The minimum absolute atomic E-state index is 0.175. The lowest BCUT2D eigenvalue weighted by atomic mass is 10.0. The number of alkyl halides is 3. The van der Waals surface area contributed by atoms with Crippen molar-refractivity contribution < 1.29 is 22.6 Å². The molecule has 6 heteroatoms. The van der Waals surface area contributed by atoms with E-state index >= 15 is 0 Å². The molecule has 0 saturated heterocycles. The Balaban J connectivity index is 2.28. The molecular formula is C16H18ClF3O2. The molecule has 0 saturated carbocycles. The third kappa shape index (κ3) is 3.69. The molecule has 122 valence electrons. The third-order valence-electron chi connectivity index (χ3n) is 3.40. The molecular weight excluding hydrogens is 317 g/mol. The highest BCUT2D eigenvalue weighted by atomic mass is 35.5. The predicted octanol–water partition coefficient (Wildman–Crippen LogP) is 5.41. The second-order valence-corrected chi connectivity index (χ2v) is 6.11. The van der Waals surface area contributed by atoms with Crippen molar-refractivity contribution in [1.82, 2.24) is 0 Å². The van der Waals surface area contributed by atoms with E-state index in [-0.39, 0.29) is 5.75 Å². The van der Waals surface area contributed by atoms with Crippen molar-refractivity contribution in [3.63, 3.8) is 0 Å². The Labute approximate surface area is 132 Å². The summed E-state index contributed by atoms with van der Waals surface area (Å²) < 4.78 is 49.2. The number of benzene rings is 1. The van der Waals surface area contributed by atoms with Gasteiger partial charge >= 0.3 is 6.18 Å². The summed E-state index contributed by atoms with van der Waals surface area (Å²) in [7, 11) is 0. The van der Waals surface area contributed by atoms with E-state index in [1.807, 2.05) is 0 Å². The third-order valence-corrected chi connectivity index (χ3v) is 3.68. The zero-order valence-electron chi connectivity index (χ0n) is 12.6. The Bertz CT molecular complexity index is 580. The van der Waals surface area contributed by atoms with Gasteiger partial charge in [0.1, 0.15) is 11.5 Å². The normalized spacial score (nSPS) is 17.4. The molecule has 1 heterocycles. The highest BCUT2D eigenvalue weighted by Crippen LogP contribution is 2.42. The van der Waals surface area contributed by atoms with Crippen molar-refractivity contribution in [3.05, 3.63) is 28.3 Å². The van der Waals surface area contributed by atoms with Crippen LogP contribution in [0.3, 0.4) is 0 Å². The predicted molar refractivity (Wildman–Crippen MR) is 80.6 cm³/mol. The molecule has 2 nitrogen and oxygen atoms in total. The van der Waals surface area contributed by atoms with Gasteiger partial charge in [0.25, 0.3) is 0 Å². The molecule has 22 heavy (non-hydrogen) atoms. The summed E-state index contributed by atoms with van der Waals surface area (Å²) in [5.41, 5.74) is 1.02. The van der Waals surface area contributed by atoms with Crippen LogP contribution in [-0.4, -0.2) is 18.9 Å². The van der Waals surface area contributed by atoms with Gasteiger partial charge in [0, 0.05) is 11.1 Å². The molecule has 0 radical (unpaired) electrons. The highest BCUT2D eigenvalue weighted by molar-refractivity contribution is 6.32. The van der Waals surface area contributed by atoms with Gasteiger partial charge in [-0.05, 0) is 31.4 Å². The Hall–Kier alpha value is -1.36. The van der Waals surface area contributed by atoms with Gasteiger partial charge in [0.2, 0.25) is 6.10 Å². The van der Waals surface area contributed by atoms with Gasteiger partial charge in [0.15, 0.2) is 0 Å². The number of hydrogen-bond acceptors (Lipinski definition) is 2. The second kappa shape index (κ2) is 6.41. The largest absolute Gasteiger partial charge is 0.492 e. The first-order valence-corrected chi connectivity index (χ1v) is 7.45. The lowest BCUT2D eigenvalue weighted by Crippen LogP contribution is -2.34. The Morgan fingerprint density at radius 3 is 2.64 bits per heavy atom. The maximum Gasteiger partial charge on any atom is 0.429 e. The molecule has 0 spiro atoms. The van der Waals surface area contributed by atoms with E-state index < -0.39 is 12.3 Å². The molecule has 0 fully saturated rings. The maximum absolute atomic E-state index is 12.8. The van der Waals surface area contributed by atoms with Crippen LogP contribution in [0.25, 0.3) is 6.08 Å². The van der Waals surface area contributed by atoms with Crippen LogP contribution in [0, 0.1) is 12.8 Å². The van der Waals surface area contributed by atoms with E-state index in [9.17, 15) is 13.2 Å². The number of halogens is 4. The lowest BCUT2D eigenvalue weighted by molar-refractivity contribution is -0.180. The Morgan fingerprint density at radius 1 is 1.36 bits per heavy atom. The average Bonchev–Trinajstić information content (AvgIpc) is 2.40. The van der Waals surface area contributed by atoms with Crippen molar-refractivity contribution in [3.8, 4) is 11.5 Å². The fourth-order valence-electron chi connectivity index (χ4n) is 2.15. The Kier molecular flexibility index (Phi) is 4.95. The first kappa shape index (κ1) is 17.0. The van der Waals surface area contributed by atoms with Gasteiger partial charge in [-0.15, -0.1) is 0 Å². The van der Waals surface area contributed by atoms with Gasteiger partial charge in [-0.1, -0.05) is 31.5 Å². The summed E-state index contributed by atoms with van der Waals surface area (Å²) in [6.45, 7) is 6.23. The van der Waals surface area contributed by atoms with Crippen LogP contribution in [0.2, 0.25) is 5.02 Å². The lowest BCUT2D eigenvalue weighted by Gasteiger charge is -2.26. The fourth-order valence-corrected chi connectivity index (χ4v) is 2.47.